The zero-order valence-corrected chi connectivity index (χ0v) is 17.1. The van der Waals surface area contributed by atoms with E-state index in [9.17, 15) is 14.4 Å². The molecule has 7 heteroatoms. The summed E-state index contributed by atoms with van der Waals surface area (Å²) in [4.78, 5) is 41.8. The number of aromatic nitrogens is 2. The number of anilines is 1. The molecule has 0 spiro atoms. The maximum atomic E-state index is 12.7. The molecule has 30 heavy (non-hydrogen) atoms. The van der Waals surface area contributed by atoms with Gasteiger partial charge in [0.15, 0.2) is 0 Å². The van der Waals surface area contributed by atoms with Crippen molar-refractivity contribution in [2.45, 2.75) is 45.7 Å². The maximum absolute atomic E-state index is 12.7. The van der Waals surface area contributed by atoms with E-state index >= 15 is 0 Å². The van der Waals surface area contributed by atoms with Crippen LogP contribution in [0.1, 0.15) is 40.7 Å². The van der Waals surface area contributed by atoms with Crippen LogP contribution < -0.4 is 16.2 Å². The zero-order chi connectivity index (χ0) is 21.3. The number of hydrogen-bond donors (Lipinski definition) is 2. The second kappa shape index (κ2) is 8.10. The van der Waals surface area contributed by atoms with E-state index in [2.05, 4.69) is 15.6 Å². The number of carbonyl (C=O) groups excluding carboxylic acids is 2. The fraction of sp³-hybridized carbons (Fsp3) is 0.304. The Morgan fingerprint density at radius 3 is 2.70 bits per heavy atom. The summed E-state index contributed by atoms with van der Waals surface area (Å²) < 4.78 is 1.45. The van der Waals surface area contributed by atoms with Crippen LogP contribution in [0.2, 0.25) is 0 Å². The van der Waals surface area contributed by atoms with E-state index in [0.29, 0.717) is 22.2 Å². The molecule has 2 aromatic carbocycles. The van der Waals surface area contributed by atoms with E-state index in [-0.39, 0.29) is 36.4 Å². The average Bonchev–Trinajstić information content (AvgIpc) is 3.53. The van der Waals surface area contributed by atoms with Crippen LogP contribution in [0.15, 0.2) is 47.5 Å². The van der Waals surface area contributed by atoms with Crippen LogP contribution in [-0.4, -0.2) is 27.4 Å². The minimum absolute atomic E-state index is 0.122. The van der Waals surface area contributed by atoms with Crippen LogP contribution >= 0.6 is 0 Å². The summed E-state index contributed by atoms with van der Waals surface area (Å²) in [7, 11) is 0. The number of para-hydroxylation sites is 1. The number of nitrogens with one attached hydrogen (secondary N) is 2. The van der Waals surface area contributed by atoms with Gasteiger partial charge in [-0.2, -0.15) is 0 Å². The molecule has 1 fully saturated rings. The first-order chi connectivity index (χ1) is 14.4. The van der Waals surface area contributed by atoms with E-state index in [0.717, 1.165) is 24.0 Å². The lowest BCUT2D eigenvalue weighted by Gasteiger charge is -2.12. The molecule has 1 heterocycles. The topological polar surface area (TPSA) is 93.1 Å². The van der Waals surface area contributed by atoms with Gasteiger partial charge >= 0.3 is 0 Å². The van der Waals surface area contributed by atoms with Gasteiger partial charge in [-0.1, -0.05) is 18.2 Å². The van der Waals surface area contributed by atoms with Crippen molar-refractivity contribution in [1.29, 1.82) is 0 Å². The summed E-state index contributed by atoms with van der Waals surface area (Å²) in [5, 5.41) is 6.35. The first-order valence-corrected chi connectivity index (χ1v) is 10.1. The lowest BCUT2D eigenvalue weighted by atomic mass is 10.1. The van der Waals surface area contributed by atoms with Gasteiger partial charge in [-0.05, 0) is 56.0 Å². The molecule has 1 aliphatic carbocycles. The number of nitrogens with zero attached hydrogens (tertiary/aromatic N) is 2. The molecule has 0 saturated heterocycles. The van der Waals surface area contributed by atoms with Gasteiger partial charge in [-0.25, -0.2) is 4.98 Å². The molecule has 0 unspecified atom stereocenters. The minimum Gasteiger partial charge on any atom is -0.349 e. The third-order valence-electron chi connectivity index (χ3n) is 5.32. The number of amides is 2. The Morgan fingerprint density at radius 2 is 1.93 bits per heavy atom. The van der Waals surface area contributed by atoms with Crippen LogP contribution in [-0.2, 0) is 11.3 Å². The Kier molecular flexibility index (Phi) is 5.35. The van der Waals surface area contributed by atoms with Crippen molar-refractivity contribution in [3.8, 4) is 0 Å². The second-order valence-electron chi connectivity index (χ2n) is 7.79. The van der Waals surface area contributed by atoms with Gasteiger partial charge < -0.3 is 10.6 Å². The van der Waals surface area contributed by atoms with Gasteiger partial charge in [0.1, 0.15) is 0 Å². The maximum Gasteiger partial charge on any atom is 0.261 e. The van der Waals surface area contributed by atoms with Crippen LogP contribution in [0.4, 0.5) is 5.69 Å². The molecule has 7 nitrogen and oxygen atoms in total. The molecular weight excluding hydrogens is 380 g/mol. The van der Waals surface area contributed by atoms with Gasteiger partial charge in [-0.3, -0.25) is 19.0 Å². The van der Waals surface area contributed by atoms with Crippen molar-refractivity contribution < 1.29 is 9.59 Å². The van der Waals surface area contributed by atoms with Crippen molar-refractivity contribution in [3.05, 3.63) is 69.8 Å². The fourth-order valence-electron chi connectivity index (χ4n) is 3.33. The van der Waals surface area contributed by atoms with Crippen molar-refractivity contribution in [1.82, 2.24) is 14.9 Å². The predicted molar refractivity (Wildman–Crippen MR) is 116 cm³/mol. The van der Waals surface area contributed by atoms with Gasteiger partial charge in [-0.15, -0.1) is 0 Å². The number of aryl methyl sites for hydroxylation is 3. The number of rotatable bonds is 6. The molecule has 1 saturated carbocycles. The van der Waals surface area contributed by atoms with Gasteiger partial charge in [0.25, 0.3) is 11.5 Å². The molecule has 2 N–H and O–H groups in total. The molecule has 154 valence electrons. The molecule has 1 aliphatic rings. The van der Waals surface area contributed by atoms with Crippen molar-refractivity contribution >= 4 is 28.4 Å². The SMILES string of the molecule is Cc1ccc(C(=O)NC2CC2)cc1NC(=O)CCn1cnc2c(C)cccc2c1=O. The Labute approximate surface area is 174 Å². The Morgan fingerprint density at radius 1 is 1.13 bits per heavy atom. The molecule has 1 aromatic heterocycles. The molecular formula is C23H24N4O3. The van der Waals surface area contributed by atoms with E-state index < -0.39 is 0 Å². The highest BCUT2D eigenvalue weighted by molar-refractivity contribution is 5.98. The predicted octanol–water partition coefficient (Wildman–Crippen LogP) is 2.93. The van der Waals surface area contributed by atoms with Crippen LogP contribution in [0.5, 0.6) is 0 Å². The molecule has 0 atom stereocenters. The lowest BCUT2D eigenvalue weighted by Crippen LogP contribution is -2.26. The lowest BCUT2D eigenvalue weighted by molar-refractivity contribution is -0.116. The van der Waals surface area contributed by atoms with Gasteiger partial charge in [0.05, 0.1) is 17.2 Å². The van der Waals surface area contributed by atoms with Crippen LogP contribution in [0, 0.1) is 13.8 Å². The summed E-state index contributed by atoms with van der Waals surface area (Å²) in [6.45, 7) is 4.01. The summed E-state index contributed by atoms with van der Waals surface area (Å²) >= 11 is 0. The number of fused-ring (bicyclic) bond motifs is 1. The summed E-state index contributed by atoms with van der Waals surface area (Å²) in [6, 6.07) is 11.0. The Balaban J connectivity index is 1.44. The summed E-state index contributed by atoms with van der Waals surface area (Å²) in [5.74, 6) is -0.355. The largest absolute Gasteiger partial charge is 0.349 e. The van der Waals surface area contributed by atoms with Crippen LogP contribution in [0.25, 0.3) is 10.9 Å². The van der Waals surface area contributed by atoms with Crippen molar-refractivity contribution in [2.75, 3.05) is 5.32 Å². The first-order valence-electron chi connectivity index (χ1n) is 10.1. The van der Waals surface area contributed by atoms with E-state index in [1.54, 1.807) is 18.2 Å². The van der Waals surface area contributed by atoms with E-state index in [1.807, 2.05) is 32.0 Å². The standard InChI is InChI=1S/C23H24N4O3/c1-14-6-7-16(22(29)25-17-8-9-17)12-19(14)26-20(28)10-11-27-13-24-21-15(2)4-3-5-18(21)23(27)30/h3-7,12-13,17H,8-11H2,1-2H3,(H,25,29)(H,26,28). The summed E-state index contributed by atoms with van der Waals surface area (Å²) in [5.41, 5.74) is 3.45. The summed E-state index contributed by atoms with van der Waals surface area (Å²) in [6.07, 6.45) is 3.64. The van der Waals surface area contributed by atoms with Gasteiger partial charge in [0.2, 0.25) is 5.91 Å². The number of hydrogen-bond acceptors (Lipinski definition) is 4. The molecule has 4 rings (SSSR count). The molecule has 0 bridgehead atoms. The molecule has 0 aliphatic heterocycles. The Bertz CT molecular complexity index is 1190. The highest BCUT2D eigenvalue weighted by Crippen LogP contribution is 2.21. The normalized spacial score (nSPS) is 13.3. The smallest absolute Gasteiger partial charge is 0.261 e. The number of benzene rings is 2. The quantitative estimate of drug-likeness (QED) is 0.661. The number of carbonyl (C=O) groups is 2. The van der Waals surface area contributed by atoms with Crippen LogP contribution in [0.3, 0.4) is 0 Å². The Hall–Kier alpha value is -3.48. The minimum atomic E-state index is -0.228. The van der Waals surface area contributed by atoms with Crippen molar-refractivity contribution in [2.24, 2.45) is 0 Å². The highest BCUT2D eigenvalue weighted by Gasteiger charge is 2.24. The van der Waals surface area contributed by atoms with Crippen molar-refractivity contribution in [3.63, 3.8) is 0 Å². The fourth-order valence-corrected chi connectivity index (χ4v) is 3.33. The third kappa shape index (κ3) is 4.25. The second-order valence-corrected chi connectivity index (χ2v) is 7.79. The monoisotopic (exact) mass is 404 g/mol. The zero-order valence-electron chi connectivity index (χ0n) is 17.1. The average molecular weight is 404 g/mol. The van der Waals surface area contributed by atoms with E-state index in [1.165, 1.54) is 10.9 Å². The molecule has 2 amide bonds. The van der Waals surface area contributed by atoms with Gasteiger partial charge in [0, 0.05) is 30.3 Å². The first kappa shape index (κ1) is 19.8. The third-order valence-corrected chi connectivity index (χ3v) is 5.32. The molecule has 0 radical (unpaired) electrons. The molecule has 3 aromatic rings. The van der Waals surface area contributed by atoms with E-state index in [4.69, 9.17) is 0 Å². The highest BCUT2D eigenvalue weighted by atomic mass is 16.2.